The molecule has 7 heteroatoms. The van der Waals surface area contributed by atoms with Crippen LogP contribution in [0.1, 0.15) is 32.0 Å². The van der Waals surface area contributed by atoms with Gasteiger partial charge in [0.25, 0.3) is 0 Å². The molecule has 2 heterocycles. The maximum Gasteiger partial charge on any atom is 0.158 e. The Kier molecular flexibility index (Phi) is 6.16. The molecule has 2 rings (SSSR count). The van der Waals surface area contributed by atoms with Crippen LogP contribution in [-0.4, -0.2) is 42.9 Å². The third kappa shape index (κ3) is 4.52. The Hall–Kier alpha value is -1.44. The van der Waals surface area contributed by atoms with E-state index in [4.69, 9.17) is 15.3 Å². The first kappa shape index (κ1) is 15.9. The van der Waals surface area contributed by atoms with Crippen LogP contribution in [0.4, 0.5) is 11.6 Å². The maximum absolute atomic E-state index is 5.87. The molecule has 118 valence electrons. The zero-order valence-corrected chi connectivity index (χ0v) is 12.8. The van der Waals surface area contributed by atoms with Gasteiger partial charge in [-0.1, -0.05) is 6.92 Å². The highest BCUT2D eigenvalue weighted by Gasteiger charge is 2.22. The van der Waals surface area contributed by atoms with Crippen molar-refractivity contribution in [3.05, 3.63) is 11.9 Å². The van der Waals surface area contributed by atoms with Crippen LogP contribution in [0.3, 0.4) is 0 Å². The number of nitrogen functional groups attached to an aromatic ring is 1. The molecule has 0 amide bonds. The van der Waals surface area contributed by atoms with Crippen LogP contribution >= 0.6 is 0 Å². The topological polar surface area (TPSA) is 85.5 Å². The molecule has 1 fully saturated rings. The predicted molar refractivity (Wildman–Crippen MR) is 82.0 cm³/mol. The summed E-state index contributed by atoms with van der Waals surface area (Å²) in [5, 5.41) is 0. The van der Waals surface area contributed by atoms with E-state index in [1.165, 1.54) is 0 Å². The molecule has 0 spiro atoms. The van der Waals surface area contributed by atoms with Gasteiger partial charge in [0.1, 0.15) is 18.2 Å². The minimum Gasteiger partial charge on any atom is -0.377 e. The normalized spacial score (nSPS) is 18.8. The molecule has 0 radical (unpaired) electrons. The van der Waals surface area contributed by atoms with E-state index in [-0.39, 0.29) is 6.10 Å². The molecule has 7 nitrogen and oxygen atoms in total. The molecule has 1 aromatic rings. The number of rotatable bonds is 7. The smallest absolute Gasteiger partial charge is 0.158 e. The van der Waals surface area contributed by atoms with Crippen molar-refractivity contribution < 1.29 is 9.47 Å². The summed E-state index contributed by atoms with van der Waals surface area (Å²) in [5.41, 5.74) is 2.59. The zero-order valence-electron chi connectivity index (χ0n) is 12.8. The Labute approximate surface area is 125 Å². The second-order valence-electron chi connectivity index (χ2n) is 5.19. The Morgan fingerprint density at radius 1 is 1.48 bits per heavy atom. The van der Waals surface area contributed by atoms with E-state index in [0.29, 0.717) is 18.2 Å². The lowest BCUT2D eigenvalue weighted by atomic mass is 10.1. The Morgan fingerprint density at radius 2 is 2.33 bits per heavy atom. The van der Waals surface area contributed by atoms with Crippen molar-refractivity contribution in [2.24, 2.45) is 5.84 Å². The highest BCUT2D eigenvalue weighted by atomic mass is 16.5. The fourth-order valence-corrected chi connectivity index (χ4v) is 2.48. The average Bonchev–Trinajstić information content (AvgIpc) is 2.53. The van der Waals surface area contributed by atoms with E-state index in [0.717, 1.165) is 44.8 Å². The Balaban J connectivity index is 2.10. The summed E-state index contributed by atoms with van der Waals surface area (Å²) in [4.78, 5) is 11.1. The number of piperidine rings is 1. The number of hydrogen-bond acceptors (Lipinski definition) is 7. The summed E-state index contributed by atoms with van der Waals surface area (Å²) in [6.45, 7) is 5.13. The molecule has 0 aliphatic carbocycles. The highest BCUT2D eigenvalue weighted by molar-refractivity contribution is 5.49. The van der Waals surface area contributed by atoms with Gasteiger partial charge < -0.3 is 19.8 Å². The summed E-state index contributed by atoms with van der Waals surface area (Å²) >= 11 is 0. The molecule has 1 aliphatic rings. The Morgan fingerprint density at radius 3 is 3.05 bits per heavy atom. The highest BCUT2D eigenvalue weighted by Crippen LogP contribution is 2.22. The minimum atomic E-state index is 0.272. The molecule has 1 saturated heterocycles. The van der Waals surface area contributed by atoms with E-state index in [1.54, 1.807) is 7.11 Å². The van der Waals surface area contributed by atoms with E-state index in [2.05, 4.69) is 27.2 Å². The predicted octanol–water partition coefficient (Wildman–Crippen LogP) is 1.30. The van der Waals surface area contributed by atoms with Gasteiger partial charge in [-0.2, -0.15) is 0 Å². The zero-order chi connectivity index (χ0) is 15.1. The monoisotopic (exact) mass is 295 g/mol. The lowest BCUT2D eigenvalue weighted by Gasteiger charge is -2.33. The van der Waals surface area contributed by atoms with Gasteiger partial charge in [0, 0.05) is 32.9 Å². The van der Waals surface area contributed by atoms with Crippen LogP contribution in [0.25, 0.3) is 0 Å². The molecule has 0 saturated carbocycles. The number of anilines is 2. The standard InChI is InChI=1S/C14H25N5O2/c1-3-7-21-11-5-4-6-19(9-11)14-8-12(18-15)16-13(17-14)10-20-2/h8,11H,3-7,9-10,15H2,1-2H3,(H,16,17,18). The third-order valence-corrected chi connectivity index (χ3v) is 3.44. The third-order valence-electron chi connectivity index (χ3n) is 3.44. The van der Waals surface area contributed by atoms with Crippen molar-refractivity contribution in [2.45, 2.75) is 38.9 Å². The molecule has 1 aromatic heterocycles. The lowest BCUT2D eigenvalue weighted by Crippen LogP contribution is -2.40. The van der Waals surface area contributed by atoms with E-state index in [9.17, 15) is 0 Å². The van der Waals surface area contributed by atoms with Crippen molar-refractivity contribution in [1.82, 2.24) is 9.97 Å². The molecule has 1 atom stereocenters. The Bertz CT molecular complexity index is 443. The first-order valence-corrected chi connectivity index (χ1v) is 7.46. The van der Waals surface area contributed by atoms with Crippen molar-refractivity contribution in [1.29, 1.82) is 0 Å². The number of nitrogens with zero attached hydrogens (tertiary/aromatic N) is 3. The number of nitrogens with two attached hydrogens (primary N) is 1. The van der Waals surface area contributed by atoms with E-state index in [1.807, 2.05) is 6.07 Å². The van der Waals surface area contributed by atoms with Gasteiger partial charge in [-0.05, 0) is 19.3 Å². The lowest BCUT2D eigenvalue weighted by molar-refractivity contribution is 0.0439. The maximum atomic E-state index is 5.87. The fourth-order valence-electron chi connectivity index (χ4n) is 2.48. The van der Waals surface area contributed by atoms with Crippen LogP contribution in [0.5, 0.6) is 0 Å². The molecule has 0 bridgehead atoms. The summed E-state index contributed by atoms with van der Waals surface area (Å²) < 4.78 is 11.0. The summed E-state index contributed by atoms with van der Waals surface area (Å²) in [6, 6.07) is 1.86. The number of methoxy groups -OCH3 is 1. The van der Waals surface area contributed by atoms with Gasteiger partial charge in [-0.15, -0.1) is 0 Å². The summed E-state index contributed by atoms with van der Waals surface area (Å²) in [5.74, 6) is 7.58. The molecule has 1 aliphatic heterocycles. The van der Waals surface area contributed by atoms with Crippen molar-refractivity contribution in [3.8, 4) is 0 Å². The molecule has 0 aromatic carbocycles. The number of hydrogen-bond donors (Lipinski definition) is 2. The second kappa shape index (κ2) is 8.11. The quantitative estimate of drug-likeness (QED) is 0.579. The number of ether oxygens (including phenoxy) is 2. The van der Waals surface area contributed by atoms with Crippen LogP contribution in [-0.2, 0) is 16.1 Å². The van der Waals surface area contributed by atoms with Gasteiger partial charge >= 0.3 is 0 Å². The van der Waals surface area contributed by atoms with Gasteiger partial charge in [0.05, 0.1) is 6.10 Å². The van der Waals surface area contributed by atoms with E-state index >= 15 is 0 Å². The van der Waals surface area contributed by atoms with Gasteiger partial charge in [-0.3, -0.25) is 0 Å². The number of nitrogens with one attached hydrogen (secondary N) is 1. The second-order valence-corrected chi connectivity index (χ2v) is 5.19. The van der Waals surface area contributed by atoms with Gasteiger partial charge in [-0.25, -0.2) is 15.8 Å². The summed E-state index contributed by atoms with van der Waals surface area (Å²) in [7, 11) is 1.63. The van der Waals surface area contributed by atoms with E-state index < -0.39 is 0 Å². The molecule has 3 N–H and O–H groups in total. The van der Waals surface area contributed by atoms with Gasteiger partial charge in [0.2, 0.25) is 0 Å². The van der Waals surface area contributed by atoms with Crippen LogP contribution in [0.15, 0.2) is 6.07 Å². The first-order chi connectivity index (χ1) is 10.3. The van der Waals surface area contributed by atoms with Crippen molar-refractivity contribution >= 4 is 11.6 Å². The van der Waals surface area contributed by atoms with Crippen molar-refractivity contribution in [2.75, 3.05) is 37.1 Å². The molecular weight excluding hydrogens is 270 g/mol. The number of hydrazine groups is 1. The summed E-state index contributed by atoms with van der Waals surface area (Å²) in [6.07, 6.45) is 3.52. The molecular formula is C14H25N5O2. The van der Waals surface area contributed by atoms with Crippen LogP contribution in [0.2, 0.25) is 0 Å². The van der Waals surface area contributed by atoms with Crippen LogP contribution in [0, 0.1) is 0 Å². The van der Waals surface area contributed by atoms with Crippen molar-refractivity contribution in [3.63, 3.8) is 0 Å². The molecule has 21 heavy (non-hydrogen) atoms. The fraction of sp³-hybridized carbons (Fsp3) is 0.714. The minimum absolute atomic E-state index is 0.272. The first-order valence-electron chi connectivity index (χ1n) is 7.46. The largest absolute Gasteiger partial charge is 0.377 e. The molecule has 1 unspecified atom stereocenters. The number of aromatic nitrogens is 2. The van der Waals surface area contributed by atoms with Crippen LogP contribution < -0.4 is 16.2 Å². The SMILES string of the molecule is CCCOC1CCCN(c2cc(NN)nc(COC)n2)C1. The average molecular weight is 295 g/mol. The van der Waals surface area contributed by atoms with Gasteiger partial charge in [0.15, 0.2) is 5.82 Å².